The van der Waals surface area contributed by atoms with Crippen LogP contribution in [0, 0.1) is 5.41 Å². The Kier molecular flexibility index (Phi) is 4.87. The molecule has 2 heterocycles. The van der Waals surface area contributed by atoms with Crippen molar-refractivity contribution in [2.24, 2.45) is 5.41 Å². The second kappa shape index (κ2) is 7.31. The van der Waals surface area contributed by atoms with E-state index >= 15 is 0 Å². The number of pyridine rings is 1. The first-order chi connectivity index (χ1) is 13.1. The van der Waals surface area contributed by atoms with Crippen LogP contribution in [0.2, 0.25) is 5.02 Å². The number of rotatable bonds is 3. The van der Waals surface area contributed by atoms with Gasteiger partial charge in [-0.3, -0.25) is 14.6 Å². The maximum atomic E-state index is 13.3. The molecule has 27 heavy (non-hydrogen) atoms. The standard InChI is InChI=1S/C21H22ClN3O2/c22-15-5-3-7-17(13-15)25-12-10-21(20(25)27)9-4-6-16(14-21)24-19(26)18-8-1-2-11-23-18/h1-3,5,7-8,11,13,16H,4,6,9-10,12,14H2,(H,24,26). The molecule has 1 aromatic heterocycles. The van der Waals surface area contributed by atoms with Gasteiger partial charge in [0.1, 0.15) is 5.69 Å². The zero-order valence-corrected chi connectivity index (χ0v) is 15.8. The van der Waals surface area contributed by atoms with Crippen molar-refractivity contribution in [1.82, 2.24) is 10.3 Å². The molecule has 0 bridgehead atoms. The average Bonchev–Trinajstić information content (AvgIpc) is 2.98. The Balaban J connectivity index is 1.47. The van der Waals surface area contributed by atoms with Crippen LogP contribution in [0.1, 0.15) is 42.6 Å². The average molecular weight is 384 g/mol. The Labute approximate surface area is 163 Å². The molecule has 1 aliphatic heterocycles. The summed E-state index contributed by atoms with van der Waals surface area (Å²) in [6.07, 6.45) is 5.81. The van der Waals surface area contributed by atoms with Crippen LogP contribution in [0.25, 0.3) is 0 Å². The lowest BCUT2D eigenvalue weighted by atomic mass is 9.71. The van der Waals surface area contributed by atoms with Crippen molar-refractivity contribution in [2.75, 3.05) is 11.4 Å². The van der Waals surface area contributed by atoms with Crippen LogP contribution in [0.3, 0.4) is 0 Å². The van der Waals surface area contributed by atoms with E-state index in [1.165, 1.54) is 0 Å². The van der Waals surface area contributed by atoms with Gasteiger partial charge in [-0.1, -0.05) is 30.2 Å². The van der Waals surface area contributed by atoms with Crippen molar-refractivity contribution < 1.29 is 9.59 Å². The molecular weight excluding hydrogens is 362 g/mol. The van der Waals surface area contributed by atoms with Crippen molar-refractivity contribution in [1.29, 1.82) is 0 Å². The van der Waals surface area contributed by atoms with Crippen molar-refractivity contribution in [3.8, 4) is 0 Å². The van der Waals surface area contributed by atoms with Crippen LogP contribution in [0.15, 0.2) is 48.7 Å². The van der Waals surface area contributed by atoms with Gasteiger partial charge in [0, 0.05) is 29.5 Å². The largest absolute Gasteiger partial charge is 0.348 e. The topological polar surface area (TPSA) is 62.3 Å². The van der Waals surface area contributed by atoms with Gasteiger partial charge in [0.25, 0.3) is 5.91 Å². The van der Waals surface area contributed by atoms with Gasteiger partial charge in [0.05, 0.1) is 5.41 Å². The minimum Gasteiger partial charge on any atom is -0.348 e. The summed E-state index contributed by atoms with van der Waals surface area (Å²) in [6.45, 7) is 0.695. The van der Waals surface area contributed by atoms with Crippen LogP contribution in [0.4, 0.5) is 5.69 Å². The molecule has 1 spiro atoms. The molecule has 1 N–H and O–H groups in total. The lowest BCUT2D eigenvalue weighted by Gasteiger charge is -2.36. The van der Waals surface area contributed by atoms with E-state index in [2.05, 4.69) is 10.3 Å². The van der Waals surface area contributed by atoms with Crippen molar-refractivity contribution in [2.45, 2.75) is 38.1 Å². The molecule has 1 saturated carbocycles. The number of anilines is 1. The maximum absolute atomic E-state index is 13.3. The summed E-state index contributed by atoms with van der Waals surface area (Å²) in [5, 5.41) is 3.71. The first kappa shape index (κ1) is 18.0. The molecule has 2 atom stereocenters. The minimum atomic E-state index is -0.386. The Morgan fingerprint density at radius 1 is 1.22 bits per heavy atom. The van der Waals surface area contributed by atoms with Crippen LogP contribution >= 0.6 is 11.6 Å². The summed E-state index contributed by atoms with van der Waals surface area (Å²) < 4.78 is 0. The van der Waals surface area contributed by atoms with E-state index in [9.17, 15) is 9.59 Å². The van der Waals surface area contributed by atoms with Crippen LogP contribution in [-0.4, -0.2) is 29.4 Å². The third-order valence-electron chi connectivity index (χ3n) is 5.71. The third kappa shape index (κ3) is 3.56. The lowest BCUT2D eigenvalue weighted by Crippen LogP contribution is -2.46. The van der Waals surface area contributed by atoms with Gasteiger partial charge in [-0.15, -0.1) is 0 Å². The zero-order chi connectivity index (χ0) is 18.9. The third-order valence-corrected chi connectivity index (χ3v) is 5.95. The molecule has 5 nitrogen and oxygen atoms in total. The van der Waals surface area contributed by atoms with Crippen molar-refractivity contribution >= 4 is 29.1 Å². The van der Waals surface area contributed by atoms with E-state index in [1.807, 2.05) is 29.2 Å². The SMILES string of the molecule is O=C(NC1CCCC2(CCN(c3cccc(Cl)c3)C2=O)C1)c1ccccn1. The summed E-state index contributed by atoms with van der Waals surface area (Å²) >= 11 is 6.10. The molecule has 2 aliphatic rings. The Morgan fingerprint density at radius 2 is 2.11 bits per heavy atom. The summed E-state index contributed by atoms with van der Waals surface area (Å²) in [6, 6.07) is 12.7. The predicted molar refractivity (Wildman–Crippen MR) is 105 cm³/mol. The summed E-state index contributed by atoms with van der Waals surface area (Å²) in [5.41, 5.74) is 0.877. The molecule has 6 heteroatoms. The number of carbonyl (C=O) groups excluding carboxylic acids is 2. The first-order valence-corrected chi connectivity index (χ1v) is 9.75. The van der Waals surface area contributed by atoms with Gasteiger partial charge in [-0.05, 0) is 56.0 Å². The van der Waals surface area contributed by atoms with Gasteiger partial charge >= 0.3 is 0 Å². The zero-order valence-electron chi connectivity index (χ0n) is 15.0. The lowest BCUT2D eigenvalue weighted by molar-refractivity contribution is -0.127. The molecule has 2 amide bonds. The number of hydrogen-bond donors (Lipinski definition) is 1. The molecule has 140 valence electrons. The highest BCUT2D eigenvalue weighted by molar-refractivity contribution is 6.31. The number of hydrogen-bond acceptors (Lipinski definition) is 3. The van der Waals surface area contributed by atoms with Crippen LogP contribution in [-0.2, 0) is 4.79 Å². The maximum Gasteiger partial charge on any atom is 0.270 e. The van der Waals surface area contributed by atoms with E-state index in [0.29, 0.717) is 23.7 Å². The Hall–Kier alpha value is -2.40. The number of carbonyl (C=O) groups is 2. The number of halogens is 1. The number of amides is 2. The second-order valence-electron chi connectivity index (χ2n) is 7.45. The highest BCUT2D eigenvalue weighted by Gasteiger charge is 2.49. The highest BCUT2D eigenvalue weighted by atomic mass is 35.5. The molecular formula is C21H22ClN3O2. The fourth-order valence-electron chi connectivity index (χ4n) is 4.37. The monoisotopic (exact) mass is 383 g/mol. The van der Waals surface area contributed by atoms with Crippen LogP contribution < -0.4 is 10.2 Å². The van der Waals surface area contributed by atoms with E-state index in [1.54, 1.807) is 24.4 Å². The molecule has 1 aliphatic carbocycles. The normalized spacial score (nSPS) is 25.0. The summed E-state index contributed by atoms with van der Waals surface area (Å²) in [7, 11) is 0. The number of benzene rings is 1. The van der Waals surface area contributed by atoms with Crippen LogP contribution in [0.5, 0.6) is 0 Å². The van der Waals surface area contributed by atoms with E-state index in [0.717, 1.165) is 31.4 Å². The van der Waals surface area contributed by atoms with Gasteiger partial charge in [-0.2, -0.15) is 0 Å². The predicted octanol–water partition coefficient (Wildman–Crippen LogP) is 3.83. The van der Waals surface area contributed by atoms with Gasteiger partial charge in [-0.25, -0.2) is 0 Å². The highest BCUT2D eigenvalue weighted by Crippen LogP contribution is 2.46. The second-order valence-corrected chi connectivity index (χ2v) is 7.89. The molecule has 2 fully saturated rings. The Morgan fingerprint density at radius 3 is 2.89 bits per heavy atom. The molecule has 2 unspecified atom stereocenters. The molecule has 0 radical (unpaired) electrons. The molecule has 1 aromatic carbocycles. The number of nitrogens with zero attached hydrogens (tertiary/aromatic N) is 2. The van der Waals surface area contributed by atoms with Crippen molar-refractivity contribution in [3.05, 3.63) is 59.4 Å². The van der Waals surface area contributed by atoms with E-state index < -0.39 is 0 Å². The molecule has 1 saturated heterocycles. The summed E-state index contributed by atoms with van der Waals surface area (Å²) in [5.74, 6) is -0.0173. The fourth-order valence-corrected chi connectivity index (χ4v) is 4.56. The van der Waals surface area contributed by atoms with E-state index in [4.69, 9.17) is 11.6 Å². The Bertz CT molecular complexity index is 858. The van der Waals surface area contributed by atoms with Gasteiger partial charge < -0.3 is 10.2 Å². The molecule has 4 rings (SSSR count). The number of aromatic nitrogens is 1. The quantitative estimate of drug-likeness (QED) is 0.876. The van der Waals surface area contributed by atoms with E-state index in [-0.39, 0.29) is 23.3 Å². The smallest absolute Gasteiger partial charge is 0.270 e. The van der Waals surface area contributed by atoms with Gasteiger partial charge in [0.2, 0.25) is 5.91 Å². The van der Waals surface area contributed by atoms with Crippen molar-refractivity contribution in [3.63, 3.8) is 0 Å². The van der Waals surface area contributed by atoms with Gasteiger partial charge in [0.15, 0.2) is 0 Å². The number of nitrogens with one attached hydrogen (secondary N) is 1. The summed E-state index contributed by atoms with van der Waals surface area (Å²) in [4.78, 5) is 31.6. The fraction of sp³-hybridized carbons (Fsp3) is 0.381. The minimum absolute atomic E-state index is 0.00322. The first-order valence-electron chi connectivity index (χ1n) is 9.37. The molecule has 2 aromatic rings.